The maximum absolute atomic E-state index is 13.8. The van der Waals surface area contributed by atoms with Gasteiger partial charge in [-0.1, -0.05) is 6.07 Å². The first kappa shape index (κ1) is 20.1. The predicted octanol–water partition coefficient (Wildman–Crippen LogP) is 1.43. The summed E-state index contributed by atoms with van der Waals surface area (Å²) in [5, 5.41) is 0. The Morgan fingerprint density at radius 2 is 2.16 bits per heavy atom. The third-order valence-electron chi connectivity index (χ3n) is 5.38. The van der Waals surface area contributed by atoms with Crippen molar-refractivity contribution in [3.8, 4) is 17.3 Å². The van der Waals surface area contributed by atoms with Crippen LogP contribution in [0.1, 0.15) is 12.0 Å². The van der Waals surface area contributed by atoms with Crippen LogP contribution in [0, 0.1) is 5.82 Å². The molecule has 10 nitrogen and oxygen atoms in total. The molecule has 11 heteroatoms. The Balaban J connectivity index is 1.50. The third-order valence-corrected chi connectivity index (χ3v) is 5.38. The average molecular weight is 436 g/mol. The van der Waals surface area contributed by atoms with E-state index in [-0.39, 0.29) is 18.5 Å². The summed E-state index contributed by atoms with van der Waals surface area (Å²) in [7, 11) is 2.06. The number of aromatic nitrogens is 6. The largest absolute Gasteiger partial charge is 0.473 e. The van der Waals surface area contributed by atoms with E-state index in [0.29, 0.717) is 28.4 Å². The molecule has 1 atom stereocenters. The number of anilines is 1. The molecule has 164 valence electrons. The normalized spacial score (nSPS) is 16.6. The van der Waals surface area contributed by atoms with E-state index < -0.39 is 11.5 Å². The number of imidazole rings is 1. The van der Waals surface area contributed by atoms with Gasteiger partial charge in [-0.25, -0.2) is 19.2 Å². The molecule has 4 aromatic rings. The molecule has 0 radical (unpaired) electrons. The van der Waals surface area contributed by atoms with Gasteiger partial charge in [0.2, 0.25) is 5.88 Å². The highest BCUT2D eigenvalue weighted by atomic mass is 19.1. The second kappa shape index (κ2) is 8.00. The molecule has 5 rings (SSSR count). The van der Waals surface area contributed by atoms with E-state index in [9.17, 15) is 9.18 Å². The monoisotopic (exact) mass is 436 g/mol. The van der Waals surface area contributed by atoms with Crippen LogP contribution in [0.25, 0.3) is 22.6 Å². The molecule has 0 saturated carbocycles. The van der Waals surface area contributed by atoms with Crippen molar-refractivity contribution in [3.05, 3.63) is 58.7 Å². The fraction of sp³-hybridized carbons (Fsp3) is 0.286. The summed E-state index contributed by atoms with van der Waals surface area (Å²) in [6.45, 7) is 2.16. The molecule has 0 spiro atoms. The highest BCUT2D eigenvalue weighted by molar-refractivity contribution is 5.85. The lowest BCUT2D eigenvalue weighted by atomic mass is 10.2. The molecule has 1 saturated heterocycles. The lowest BCUT2D eigenvalue weighted by molar-refractivity contribution is 0.200. The molecule has 1 aliphatic rings. The molecule has 0 aliphatic carbocycles. The summed E-state index contributed by atoms with van der Waals surface area (Å²) in [5.74, 6) is 0.532. The number of rotatable bonds is 5. The second-order valence-electron chi connectivity index (χ2n) is 7.84. The average Bonchev–Trinajstić information content (AvgIpc) is 3.33. The lowest BCUT2D eigenvalue weighted by Crippen LogP contribution is -2.21. The minimum Gasteiger partial charge on any atom is -0.473 e. The number of nitrogens with zero attached hydrogens (tertiary/aromatic N) is 6. The fourth-order valence-electron chi connectivity index (χ4n) is 3.86. The van der Waals surface area contributed by atoms with E-state index in [1.54, 1.807) is 10.8 Å². The molecule has 32 heavy (non-hydrogen) atoms. The van der Waals surface area contributed by atoms with Gasteiger partial charge in [0.1, 0.15) is 29.1 Å². The minimum atomic E-state index is -0.594. The van der Waals surface area contributed by atoms with Crippen molar-refractivity contribution in [2.75, 3.05) is 25.9 Å². The number of likely N-dealkylation sites (tertiary alicyclic amines) is 1. The molecular weight excluding hydrogens is 415 g/mol. The molecule has 1 fully saturated rings. The van der Waals surface area contributed by atoms with Gasteiger partial charge in [0.25, 0.3) is 0 Å². The summed E-state index contributed by atoms with van der Waals surface area (Å²) in [6, 6.07) is 5.01. The van der Waals surface area contributed by atoms with Gasteiger partial charge in [-0.3, -0.25) is 9.97 Å². The SMILES string of the molecule is CN1CC[C@H](Oc2ccc(Cn3c(-c4cncc(F)c4)nc4c(N)[nH]c(=O)nc43)cn2)C1. The number of nitrogen functional groups attached to an aromatic ring is 1. The number of H-pyrrole nitrogens is 1. The van der Waals surface area contributed by atoms with Gasteiger partial charge in [0.15, 0.2) is 5.65 Å². The minimum absolute atomic E-state index is 0.0905. The second-order valence-corrected chi connectivity index (χ2v) is 7.84. The molecule has 1 aliphatic heterocycles. The Kier molecular flexibility index (Phi) is 5.02. The van der Waals surface area contributed by atoms with E-state index in [1.807, 2.05) is 12.1 Å². The van der Waals surface area contributed by atoms with Gasteiger partial charge in [0.05, 0.1) is 12.7 Å². The smallest absolute Gasteiger partial charge is 0.348 e. The van der Waals surface area contributed by atoms with E-state index in [1.165, 1.54) is 12.3 Å². The topological polar surface area (TPSA) is 128 Å². The van der Waals surface area contributed by atoms with Gasteiger partial charge < -0.3 is 19.9 Å². The van der Waals surface area contributed by atoms with E-state index in [0.717, 1.165) is 31.3 Å². The Bertz CT molecular complexity index is 1330. The van der Waals surface area contributed by atoms with Crippen LogP contribution < -0.4 is 16.2 Å². The molecule has 0 amide bonds. The van der Waals surface area contributed by atoms with Gasteiger partial charge >= 0.3 is 5.69 Å². The zero-order valence-electron chi connectivity index (χ0n) is 17.3. The number of ether oxygens (including phenoxy) is 1. The third kappa shape index (κ3) is 3.89. The maximum Gasteiger partial charge on any atom is 0.348 e. The van der Waals surface area contributed by atoms with Crippen molar-refractivity contribution >= 4 is 17.0 Å². The maximum atomic E-state index is 13.8. The molecule has 0 aromatic carbocycles. The summed E-state index contributed by atoms with van der Waals surface area (Å²) in [5.41, 5.74) is 7.24. The van der Waals surface area contributed by atoms with Crippen LogP contribution in [0.2, 0.25) is 0 Å². The first-order valence-corrected chi connectivity index (χ1v) is 10.1. The van der Waals surface area contributed by atoms with Crippen LogP contribution in [0.4, 0.5) is 10.2 Å². The van der Waals surface area contributed by atoms with Crippen molar-refractivity contribution < 1.29 is 9.13 Å². The van der Waals surface area contributed by atoms with Crippen LogP contribution in [0.15, 0.2) is 41.6 Å². The van der Waals surface area contributed by atoms with Crippen LogP contribution >= 0.6 is 0 Å². The Morgan fingerprint density at radius 3 is 2.88 bits per heavy atom. The number of nitrogens with two attached hydrogens (primary N) is 1. The molecule has 0 unspecified atom stereocenters. The van der Waals surface area contributed by atoms with Crippen molar-refractivity contribution in [3.63, 3.8) is 0 Å². The number of halogens is 1. The first-order chi connectivity index (χ1) is 15.5. The highest BCUT2D eigenvalue weighted by Crippen LogP contribution is 2.26. The fourth-order valence-corrected chi connectivity index (χ4v) is 3.86. The Labute approximate surface area is 181 Å². The van der Waals surface area contributed by atoms with E-state index >= 15 is 0 Å². The van der Waals surface area contributed by atoms with Crippen molar-refractivity contribution in [2.24, 2.45) is 0 Å². The summed E-state index contributed by atoms with van der Waals surface area (Å²) in [4.78, 5) is 33.5. The van der Waals surface area contributed by atoms with Crippen molar-refractivity contribution in [1.29, 1.82) is 0 Å². The number of pyridine rings is 2. The summed E-state index contributed by atoms with van der Waals surface area (Å²) >= 11 is 0. The highest BCUT2D eigenvalue weighted by Gasteiger charge is 2.22. The molecule has 0 bridgehead atoms. The summed E-state index contributed by atoms with van der Waals surface area (Å²) < 4.78 is 21.5. The predicted molar refractivity (Wildman–Crippen MR) is 116 cm³/mol. The van der Waals surface area contributed by atoms with Gasteiger partial charge in [-0.05, 0) is 25.1 Å². The summed E-state index contributed by atoms with van der Waals surface area (Å²) in [6.07, 6.45) is 5.39. The number of aromatic amines is 1. The number of fused-ring (bicyclic) bond motifs is 1. The Hall–Kier alpha value is -3.86. The lowest BCUT2D eigenvalue weighted by Gasteiger charge is -2.13. The van der Waals surface area contributed by atoms with Crippen LogP contribution in [-0.4, -0.2) is 60.6 Å². The Morgan fingerprint density at radius 1 is 1.28 bits per heavy atom. The van der Waals surface area contributed by atoms with Gasteiger partial charge in [-0.2, -0.15) is 4.98 Å². The number of hydrogen-bond acceptors (Lipinski definition) is 8. The van der Waals surface area contributed by atoms with Crippen LogP contribution in [0.5, 0.6) is 5.88 Å². The molecule has 4 aromatic heterocycles. The van der Waals surface area contributed by atoms with Gasteiger partial charge in [0, 0.05) is 37.1 Å². The molecule has 5 heterocycles. The molecule has 3 N–H and O–H groups in total. The van der Waals surface area contributed by atoms with E-state index in [4.69, 9.17) is 10.5 Å². The van der Waals surface area contributed by atoms with Crippen molar-refractivity contribution in [1.82, 2.24) is 34.4 Å². The number of hydrogen-bond donors (Lipinski definition) is 2. The quantitative estimate of drug-likeness (QED) is 0.481. The zero-order valence-corrected chi connectivity index (χ0v) is 17.3. The van der Waals surface area contributed by atoms with Crippen molar-refractivity contribution in [2.45, 2.75) is 19.1 Å². The van der Waals surface area contributed by atoms with Gasteiger partial charge in [-0.15, -0.1) is 0 Å². The number of nitrogens with one attached hydrogen (secondary N) is 1. The first-order valence-electron chi connectivity index (χ1n) is 10.1. The zero-order chi connectivity index (χ0) is 22.2. The molecular formula is C21H21FN8O2. The van der Waals surface area contributed by atoms with E-state index in [2.05, 4.69) is 36.9 Å². The standard InChI is InChI=1S/C21H21FN8O2/c1-29-5-4-15(11-29)32-16-3-2-12(7-25-16)10-30-19(13-6-14(22)9-24-8-13)26-17-18(23)27-21(31)28-20(17)30/h2-3,6-9,15H,4-5,10-11H2,1H3,(H3,23,27,28,31)/t15-/m0/s1. The van der Waals surface area contributed by atoms with Crippen LogP contribution in [0.3, 0.4) is 0 Å². The number of likely N-dealkylation sites (N-methyl/N-ethyl adjacent to an activating group) is 1. The van der Waals surface area contributed by atoms with Crippen LogP contribution in [-0.2, 0) is 6.54 Å².